The summed E-state index contributed by atoms with van der Waals surface area (Å²) in [4.78, 5) is 23.1. The van der Waals surface area contributed by atoms with Crippen molar-refractivity contribution in [3.8, 4) is 11.8 Å². The van der Waals surface area contributed by atoms with Gasteiger partial charge in [-0.15, -0.1) is 0 Å². The van der Waals surface area contributed by atoms with Crippen LogP contribution in [0.1, 0.15) is 22.8 Å². The number of aliphatic hydroxyl groups excluding tert-OH is 1. The number of ether oxygens (including phenoxy) is 1. The van der Waals surface area contributed by atoms with Gasteiger partial charge in [0.15, 0.2) is 0 Å². The van der Waals surface area contributed by atoms with Crippen LogP contribution in [-0.2, 0) is 9.53 Å². The molecule has 0 saturated carbocycles. The zero-order valence-corrected chi connectivity index (χ0v) is 11.1. The molecule has 0 saturated heterocycles. The molecule has 0 radical (unpaired) electrons. The van der Waals surface area contributed by atoms with Gasteiger partial charge in [-0.1, -0.05) is 11.8 Å². The molecule has 106 valence electrons. The highest BCUT2D eigenvalue weighted by atomic mass is 19.1. The van der Waals surface area contributed by atoms with Crippen molar-refractivity contribution in [1.82, 2.24) is 5.32 Å². The summed E-state index contributed by atoms with van der Waals surface area (Å²) in [5.41, 5.74) is 0.154. The van der Waals surface area contributed by atoms with Gasteiger partial charge in [-0.2, -0.15) is 0 Å². The van der Waals surface area contributed by atoms with Gasteiger partial charge in [-0.3, -0.25) is 4.79 Å². The average molecular weight is 279 g/mol. The number of halogens is 1. The fourth-order valence-electron chi connectivity index (χ4n) is 1.43. The molecule has 0 heterocycles. The van der Waals surface area contributed by atoms with Crippen LogP contribution in [0.4, 0.5) is 4.39 Å². The van der Waals surface area contributed by atoms with Gasteiger partial charge in [0, 0.05) is 5.56 Å². The van der Waals surface area contributed by atoms with Crippen molar-refractivity contribution in [2.75, 3.05) is 13.7 Å². The molecule has 0 aromatic heterocycles. The highest BCUT2D eigenvalue weighted by Gasteiger charge is 2.19. The fraction of sp³-hybridized carbons (Fsp3) is 0.286. The standard InChI is InChI=1S/C14H14FNO4/c1-9(14(19)20-2)16-13(18)11-8-10(4-3-7-17)5-6-12(11)15/h5-6,8-9,17H,7H2,1-2H3,(H,16,18). The molecule has 1 unspecified atom stereocenters. The third kappa shape index (κ3) is 4.07. The van der Waals surface area contributed by atoms with E-state index in [-0.39, 0.29) is 12.2 Å². The highest BCUT2D eigenvalue weighted by molar-refractivity contribution is 5.97. The quantitative estimate of drug-likeness (QED) is 0.622. The van der Waals surface area contributed by atoms with E-state index in [4.69, 9.17) is 5.11 Å². The molecule has 5 nitrogen and oxygen atoms in total. The predicted octanol–water partition coefficient (Wildman–Crippen LogP) is 0.461. The molecule has 2 N–H and O–H groups in total. The minimum Gasteiger partial charge on any atom is -0.467 e. The van der Waals surface area contributed by atoms with Gasteiger partial charge in [0.25, 0.3) is 5.91 Å². The lowest BCUT2D eigenvalue weighted by atomic mass is 10.1. The van der Waals surface area contributed by atoms with Crippen LogP contribution in [-0.4, -0.2) is 36.7 Å². The molecule has 0 bridgehead atoms. The molecular weight excluding hydrogens is 265 g/mol. The van der Waals surface area contributed by atoms with E-state index in [0.29, 0.717) is 5.56 Å². The largest absolute Gasteiger partial charge is 0.467 e. The van der Waals surface area contributed by atoms with Crippen molar-refractivity contribution in [2.24, 2.45) is 0 Å². The molecule has 0 spiro atoms. The Balaban J connectivity index is 2.94. The van der Waals surface area contributed by atoms with E-state index in [9.17, 15) is 14.0 Å². The number of carbonyl (C=O) groups is 2. The minimum absolute atomic E-state index is 0.231. The summed E-state index contributed by atoms with van der Waals surface area (Å²) >= 11 is 0. The Kier molecular flexibility index (Phi) is 5.69. The summed E-state index contributed by atoms with van der Waals surface area (Å²) < 4.78 is 18.1. The van der Waals surface area contributed by atoms with Crippen LogP contribution in [0.5, 0.6) is 0 Å². The van der Waals surface area contributed by atoms with E-state index in [0.717, 1.165) is 6.07 Å². The van der Waals surface area contributed by atoms with Crippen molar-refractivity contribution >= 4 is 11.9 Å². The molecule has 1 amide bonds. The number of hydrogen-bond acceptors (Lipinski definition) is 4. The van der Waals surface area contributed by atoms with Gasteiger partial charge in [-0.25, -0.2) is 9.18 Å². The van der Waals surface area contributed by atoms with E-state index in [1.165, 1.54) is 26.2 Å². The van der Waals surface area contributed by atoms with Crippen molar-refractivity contribution in [2.45, 2.75) is 13.0 Å². The first kappa shape index (κ1) is 15.7. The van der Waals surface area contributed by atoms with E-state index >= 15 is 0 Å². The maximum Gasteiger partial charge on any atom is 0.328 e. The molecule has 1 aromatic carbocycles. The summed E-state index contributed by atoms with van der Waals surface area (Å²) in [5, 5.41) is 10.9. The Hall–Kier alpha value is -2.39. The van der Waals surface area contributed by atoms with Crippen molar-refractivity contribution in [1.29, 1.82) is 0 Å². The van der Waals surface area contributed by atoms with Gasteiger partial charge >= 0.3 is 5.97 Å². The van der Waals surface area contributed by atoms with E-state index in [1.807, 2.05) is 0 Å². The highest BCUT2D eigenvalue weighted by Crippen LogP contribution is 2.10. The Labute approximate surface area is 115 Å². The van der Waals surface area contributed by atoms with Crippen LogP contribution in [0, 0.1) is 17.7 Å². The number of nitrogens with one attached hydrogen (secondary N) is 1. The molecule has 0 aliphatic carbocycles. The summed E-state index contributed by atoms with van der Waals surface area (Å²) in [6, 6.07) is 2.84. The second-order valence-electron chi connectivity index (χ2n) is 3.87. The number of carbonyl (C=O) groups excluding carboxylic acids is 2. The zero-order chi connectivity index (χ0) is 15.1. The molecule has 20 heavy (non-hydrogen) atoms. The second-order valence-corrected chi connectivity index (χ2v) is 3.87. The summed E-state index contributed by atoms with van der Waals surface area (Å²) in [6.45, 7) is 1.09. The van der Waals surface area contributed by atoms with Gasteiger partial charge < -0.3 is 15.2 Å². The van der Waals surface area contributed by atoms with Gasteiger partial charge in [0.2, 0.25) is 0 Å². The number of esters is 1. The first-order valence-corrected chi connectivity index (χ1v) is 5.77. The Morgan fingerprint density at radius 1 is 1.50 bits per heavy atom. The molecular formula is C14H14FNO4. The number of hydrogen-bond donors (Lipinski definition) is 2. The van der Waals surface area contributed by atoms with Crippen LogP contribution < -0.4 is 5.32 Å². The average Bonchev–Trinajstić information content (AvgIpc) is 2.45. The van der Waals surface area contributed by atoms with Gasteiger partial charge in [0.1, 0.15) is 18.5 Å². The topological polar surface area (TPSA) is 75.6 Å². The molecule has 1 atom stereocenters. The molecule has 1 aromatic rings. The fourth-order valence-corrected chi connectivity index (χ4v) is 1.43. The first-order valence-electron chi connectivity index (χ1n) is 5.77. The van der Waals surface area contributed by atoms with Gasteiger partial charge in [-0.05, 0) is 25.1 Å². The monoisotopic (exact) mass is 279 g/mol. The minimum atomic E-state index is -0.890. The van der Waals surface area contributed by atoms with Crippen molar-refractivity contribution in [3.63, 3.8) is 0 Å². The number of benzene rings is 1. The predicted molar refractivity (Wildman–Crippen MR) is 69.3 cm³/mol. The van der Waals surface area contributed by atoms with Crippen molar-refractivity contribution < 1.29 is 23.8 Å². The Morgan fingerprint density at radius 3 is 2.80 bits per heavy atom. The Morgan fingerprint density at radius 2 is 2.20 bits per heavy atom. The van der Waals surface area contributed by atoms with Crippen LogP contribution in [0.2, 0.25) is 0 Å². The van der Waals surface area contributed by atoms with E-state index in [1.54, 1.807) is 0 Å². The van der Waals surface area contributed by atoms with Crippen LogP contribution in [0.15, 0.2) is 18.2 Å². The number of aliphatic hydroxyl groups is 1. The molecule has 1 rings (SSSR count). The van der Waals surface area contributed by atoms with Crippen molar-refractivity contribution in [3.05, 3.63) is 35.1 Å². The maximum atomic E-state index is 13.6. The third-order valence-corrected chi connectivity index (χ3v) is 2.43. The third-order valence-electron chi connectivity index (χ3n) is 2.43. The SMILES string of the molecule is COC(=O)C(C)NC(=O)c1cc(C#CCO)ccc1F. The smallest absolute Gasteiger partial charge is 0.328 e. The maximum absolute atomic E-state index is 13.6. The molecule has 0 aliphatic heterocycles. The summed E-state index contributed by atoms with van der Waals surface area (Å²) in [7, 11) is 1.19. The van der Waals surface area contributed by atoms with E-state index in [2.05, 4.69) is 21.9 Å². The number of rotatable bonds is 3. The first-order chi connectivity index (χ1) is 9.49. The van der Waals surface area contributed by atoms with Crippen LogP contribution >= 0.6 is 0 Å². The molecule has 0 fully saturated rings. The molecule has 0 aliphatic rings. The lowest BCUT2D eigenvalue weighted by molar-refractivity contribution is -0.142. The number of amides is 1. The summed E-state index contributed by atoms with van der Waals surface area (Å²) in [6.07, 6.45) is 0. The number of methoxy groups -OCH3 is 1. The summed E-state index contributed by atoms with van der Waals surface area (Å²) in [5.74, 6) is 2.86. The van der Waals surface area contributed by atoms with Gasteiger partial charge in [0.05, 0.1) is 12.7 Å². The lowest BCUT2D eigenvalue weighted by Gasteiger charge is -2.12. The lowest BCUT2D eigenvalue weighted by Crippen LogP contribution is -2.39. The van der Waals surface area contributed by atoms with Crippen LogP contribution in [0.25, 0.3) is 0 Å². The van der Waals surface area contributed by atoms with E-state index < -0.39 is 23.7 Å². The zero-order valence-electron chi connectivity index (χ0n) is 11.1. The normalized spacial score (nSPS) is 11.0. The molecule has 6 heteroatoms. The van der Waals surface area contributed by atoms with Crippen LogP contribution in [0.3, 0.4) is 0 Å². The Bertz CT molecular complexity index is 574. The second kappa shape index (κ2) is 7.26.